The molecule has 0 saturated carbocycles. The Morgan fingerprint density at radius 2 is 2.14 bits per heavy atom. The molecule has 0 aliphatic heterocycles. The molecule has 0 radical (unpaired) electrons. The minimum absolute atomic E-state index is 0.371. The van der Waals surface area contributed by atoms with Crippen molar-refractivity contribution in [3.8, 4) is 11.3 Å². The Balaban J connectivity index is 2.41. The Hall–Kier alpha value is -1.24. The van der Waals surface area contributed by atoms with Gasteiger partial charge in [-0.15, -0.1) is 11.3 Å². The number of nitrogens with zero attached hydrogens (tertiary/aromatic N) is 2. The normalized spacial score (nSPS) is 10.1. The van der Waals surface area contributed by atoms with E-state index in [1.54, 1.807) is 17.8 Å². The predicted molar refractivity (Wildman–Crippen MR) is 55.2 cm³/mol. The van der Waals surface area contributed by atoms with Crippen molar-refractivity contribution in [2.75, 3.05) is 0 Å². The Morgan fingerprint density at radius 1 is 1.29 bits per heavy atom. The lowest BCUT2D eigenvalue weighted by Gasteiger charge is -2.00. The van der Waals surface area contributed by atoms with Crippen LogP contribution in [-0.2, 0) is 0 Å². The van der Waals surface area contributed by atoms with E-state index in [9.17, 15) is 0 Å². The first-order chi connectivity index (χ1) is 6.77. The number of aromatic nitrogens is 2. The molecule has 2 rings (SSSR count). The van der Waals surface area contributed by atoms with Crippen molar-refractivity contribution in [3.63, 3.8) is 0 Å². The lowest BCUT2D eigenvalue weighted by atomic mass is 9.81. The van der Waals surface area contributed by atoms with E-state index in [2.05, 4.69) is 9.97 Å². The van der Waals surface area contributed by atoms with Gasteiger partial charge in [-0.05, 0) is 6.07 Å². The van der Waals surface area contributed by atoms with Gasteiger partial charge in [0.2, 0.25) is 0 Å². The van der Waals surface area contributed by atoms with Crippen LogP contribution >= 0.6 is 11.3 Å². The van der Waals surface area contributed by atoms with Crippen molar-refractivity contribution >= 4 is 23.9 Å². The maximum absolute atomic E-state index is 8.94. The Labute approximate surface area is 85.0 Å². The van der Waals surface area contributed by atoms with E-state index >= 15 is 0 Å². The minimum Gasteiger partial charge on any atom is -0.423 e. The summed E-state index contributed by atoms with van der Waals surface area (Å²) in [4.78, 5) is 8.01. The third-order valence-corrected chi connectivity index (χ3v) is 2.37. The largest absolute Gasteiger partial charge is 0.490 e. The van der Waals surface area contributed by atoms with Crippen LogP contribution in [0.1, 0.15) is 0 Å². The smallest absolute Gasteiger partial charge is 0.423 e. The molecule has 0 fully saturated rings. The summed E-state index contributed by atoms with van der Waals surface area (Å²) in [5.41, 5.74) is 3.68. The fraction of sp³-hybridized carbons (Fsp3) is 0. The molecule has 4 nitrogen and oxygen atoms in total. The van der Waals surface area contributed by atoms with Crippen LogP contribution in [0.25, 0.3) is 11.3 Å². The summed E-state index contributed by atoms with van der Waals surface area (Å²) in [7, 11) is -1.49. The van der Waals surface area contributed by atoms with Gasteiger partial charge in [0.1, 0.15) is 0 Å². The van der Waals surface area contributed by atoms with Gasteiger partial charge in [-0.3, -0.25) is 4.98 Å². The summed E-state index contributed by atoms with van der Waals surface area (Å²) in [6.07, 6.45) is 3.06. The monoisotopic (exact) mass is 206 g/mol. The van der Waals surface area contributed by atoms with E-state index in [-0.39, 0.29) is 0 Å². The Morgan fingerprint density at radius 3 is 2.79 bits per heavy atom. The average molecular weight is 206 g/mol. The average Bonchev–Trinajstić information content (AvgIpc) is 2.71. The molecule has 0 aliphatic carbocycles. The number of pyridine rings is 1. The molecular weight excluding hydrogens is 199 g/mol. The quantitative estimate of drug-likeness (QED) is 0.672. The van der Waals surface area contributed by atoms with Crippen molar-refractivity contribution in [3.05, 3.63) is 29.4 Å². The van der Waals surface area contributed by atoms with Gasteiger partial charge in [0.25, 0.3) is 0 Å². The first kappa shape index (κ1) is 9.33. The summed E-state index contributed by atoms with van der Waals surface area (Å²) in [6, 6.07) is 1.66. The zero-order valence-electron chi connectivity index (χ0n) is 7.16. The SMILES string of the molecule is OB(O)c1cncc(-c2cscn2)c1. The van der Waals surface area contributed by atoms with Gasteiger partial charge < -0.3 is 10.0 Å². The minimum atomic E-state index is -1.49. The van der Waals surface area contributed by atoms with E-state index in [1.165, 1.54) is 17.5 Å². The molecule has 0 aromatic carbocycles. The molecule has 0 atom stereocenters. The standard InChI is InChI=1S/C8H7BN2O2S/c12-9(13)7-1-6(2-10-3-7)8-4-14-5-11-8/h1-5,12-13H. The molecule has 6 heteroatoms. The second-order valence-corrected chi connectivity index (χ2v) is 3.47. The first-order valence-corrected chi connectivity index (χ1v) is 4.91. The Bertz CT molecular complexity index is 419. The summed E-state index contributed by atoms with van der Waals surface area (Å²) in [6.45, 7) is 0. The van der Waals surface area contributed by atoms with Gasteiger partial charge in [-0.1, -0.05) is 0 Å². The molecule has 2 aromatic heterocycles. The molecule has 2 heterocycles. The van der Waals surface area contributed by atoms with Crippen LogP contribution in [0, 0.1) is 0 Å². The van der Waals surface area contributed by atoms with Gasteiger partial charge in [-0.2, -0.15) is 0 Å². The highest BCUT2D eigenvalue weighted by molar-refractivity contribution is 7.07. The molecule has 0 bridgehead atoms. The van der Waals surface area contributed by atoms with Crippen LogP contribution in [0.3, 0.4) is 0 Å². The lowest BCUT2D eigenvalue weighted by Crippen LogP contribution is -2.30. The fourth-order valence-corrected chi connectivity index (χ4v) is 1.66. The highest BCUT2D eigenvalue weighted by Crippen LogP contribution is 2.16. The molecule has 0 amide bonds. The van der Waals surface area contributed by atoms with Crippen LogP contribution < -0.4 is 5.46 Å². The zero-order valence-corrected chi connectivity index (χ0v) is 7.98. The van der Waals surface area contributed by atoms with E-state index in [0.29, 0.717) is 5.46 Å². The van der Waals surface area contributed by atoms with E-state index in [4.69, 9.17) is 10.0 Å². The van der Waals surface area contributed by atoms with E-state index in [0.717, 1.165) is 11.3 Å². The summed E-state index contributed by atoms with van der Waals surface area (Å²) >= 11 is 1.48. The molecular formula is C8H7BN2O2S. The summed E-state index contributed by atoms with van der Waals surface area (Å²) in [5.74, 6) is 0. The van der Waals surface area contributed by atoms with Gasteiger partial charge in [0.05, 0.1) is 11.2 Å². The highest BCUT2D eigenvalue weighted by Gasteiger charge is 2.12. The van der Waals surface area contributed by atoms with Crippen LogP contribution in [0.4, 0.5) is 0 Å². The summed E-state index contributed by atoms with van der Waals surface area (Å²) < 4.78 is 0. The third kappa shape index (κ3) is 1.82. The van der Waals surface area contributed by atoms with E-state index < -0.39 is 7.12 Å². The highest BCUT2D eigenvalue weighted by atomic mass is 32.1. The van der Waals surface area contributed by atoms with Gasteiger partial charge in [0.15, 0.2) is 0 Å². The third-order valence-electron chi connectivity index (χ3n) is 1.79. The first-order valence-electron chi connectivity index (χ1n) is 3.97. The van der Waals surface area contributed by atoms with Gasteiger partial charge in [0, 0.05) is 28.8 Å². The maximum atomic E-state index is 8.94. The molecule has 2 aromatic rings. The molecule has 0 saturated heterocycles. The number of hydrogen-bond acceptors (Lipinski definition) is 5. The van der Waals surface area contributed by atoms with Crippen LogP contribution in [-0.4, -0.2) is 27.1 Å². The molecule has 0 spiro atoms. The van der Waals surface area contributed by atoms with Crippen molar-refractivity contribution in [1.82, 2.24) is 9.97 Å². The Kier molecular flexibility index (Phi) is 2.58. The maximum Gasteiger partial charge on any atom is 0.490 e. The zero-order chi connectivity index (χ0) is 9.97. The van der Waals surface area contributed by atoms with Gasteiger partial charge >= 0.3 is 7.12 Å². The molecule has 0 aliphatic rings. The van der Waals surface area contributed by atoms with E-state index in [1.807, 2.05) is 5.38 Å². The molecule has 0 unspecified atom stereocenters. The molecule has 70 valence electrons. The number of thiazole rings is 1. The van der Waals surface area contributed by atoms with Crippen molar-refractivity contribution in [2.45, 2.75) is 0 Å². The fourth-order valence-electron chi connectivity index (χ4n) is 1.09. The number of rotatable bonds is 2. The van der Waals surface area contributed by atoms with Crippen LogP contribution in [0.5, 0.6) is 0 Å². The number of hydrogen-bond donors (Lipinski definition) is 2. The summed E-state index contributed by atoms with van der Waals surface area (Å²) in [5, 5.41) is 19.8. The van der Waals surface area contributed by atoms with Crippen molar-refractivity contribution in [1.29, 1.82) is 0 Å². The second kappa shape index (κ2) is 3.87. The van der Waals surface area contributed by atoms with Crippen LogP contribution in [0.15, 0.2) is 29.4 Å². The van der Waals surface area contributed by atoms with Crippen LogP contribution in [0.2, 0.25) is 0 Å². The van der Waals surface area contributed by atoms with Crippen molar-refractivity contribution in [2.24, 2.45) is 0 Å². The van der Waals surface area contributed by atoms with Gasteiger partial charge in [-0.25, -0.2) is 4.98 Å². The molecule has 2 N–H and O–H groups in total. The molecule has 14 heavy (non-hydrogen) atoms. The predicted octanol–water partition coefficient (Wildman–Crippen LogP) is -0.115. The second-order valence-electron chi connectivity index (χ2n) is 2.75. The lowest BCUT2D eigenvalue weighted by molar-refractivity contribution is 0.425. The van der Waals surface area contributed by atoms with Crippen molar-refractivity contribution < 1.29 is 10.0 Å². The topological polar surface area (TPSA) is 66.2 Å².